The number of likely N-dealkylation sites (N-methyl/N-ethyl adjacent to an activating group) is 1. The van der Waals surface area contributed by atoms with Gasteiger partial charge in [0.15, 0.2) is 0 Å². The van der Waals surface area contributed by atoms with Crippen LogP contribution in [0.5, 0.6) is 0 Å². The standard InChI is InChI=1S/C20H23N7O3/c1-25-17-11-15(8-10-28)23-27(17)9-7-16(20(25)30)22-19(29)18-21-13-26(24-18)12-14-5-3-2-4-6-14/h2-6,11,13,16,28H,7-10,12H2,1H3,(H,22,29). The SMILES string of the molecule is CN1C(=O)C(NC(=O)c2ncn(Cc3ccccc3)n2)CCn2nc(CCO)cc21. The summed E-state index contributed by atoms with van der Waals surface area (Å²) in [5, 5.41) is 20.5. The van der Waals surface area contributed by atoms with Crippen LogP contribution in [0.25, 0.3) is 0 Å². The summed E-state index contributed by atoms with van der Waals surface area (Å²) in [7, 11) is 1.65. The maximum Gasteiger partial charge on any atom is 0.291 e. The molecule has 0 saturated heterocycles. The van der Waals surface area contributed by atoms with Crippen molar-refractivity contribution in [2.75, 3.05) is 18.6 Å². The normalized spacial score (nSPS) is 16.3. The first-order valence-corrected chi connectivity index (χ1v) is 9.74. The molecule has 2 aromatic heterocycles. The number of benzene rings is 1. The minimum Gasteiger partial charge on any atom is -0.396 e. The molecular weight excluding hydrogens is 386 g/mol. The number of carbonyl (C=O) groups is 2. The van der Waals surface area contributed by atoms with E-state index >= 15 is 0 Å². The number of hydrogen-bond acceptors (Lipinski definition) is 6. The summed E-state index contributed by atoms with van der Waals surface area (Å²) < 4.78 is 3.31. The number of aryl methyl sites for hydroxylation is 1. The molecule has 4 rings (SSSR count). The van der Waals surface area contributed by atoms with Gasteiger partial charge in [-0.15, -0.1) is 5.10 Å². The smallest absolute Gasteiger partial charge is 0.291 e. The second kappa shape index (κ2) is 8.46. The van der Waals surface area contributed by atoms with E-state index < -0.39 is 11.9 Å². The van der Waals surface area contributed by atoms with E-state index in [9.17, 15) is 9.59 Å². The molecule has 1 unspecified atom stereocenters. The second-order valence-corrected chi connectivity index (χ2v) is 7.15. The summed E-state index contributed by atoms with van der Waals surface area (Å²) in [4.78, 5) is 31.0. The van der Waals surface area contributed by atoms with Crippen LogP contribution in [0, 0.1) is 0 Å². The molecule has 2 N–H and O–H groups in total. The molecule has 0 fully saturated rings. The van der Waals surface area contributed by atoms with Crippen LogP contribution in [0.15, 0.2) is 42.7 Å². The number of nitrogens with one attached hydrogen (secondary N) is 1. The number of hydrogen-bond donors (Lipinski definition) is 2. The van der Waals surface area contributed by atoms with Gasteiger partial charge < -0.3 is 10.4 Å². The summed E-state index contributed by atoms with van der Waals surface area (Å²) >= 11 is 0. The lowest BCUT2D eigenvalue weighted by Crippen LogP contribution is -2.47. The fourth-order valence-electron chi connectivity index (χ4n) is 3.45. The van der Waals surface area contributed by atoms with Crippen molar-refractivity contribution in [1.82, 2.24) is 29.9 Å². The van der Waals surface area contributed by atoms with Gasteiger partial charge in [-0.2, -0.15) is 5.10 Å². The quantitative estimate of drug-likeness (QED) is 0.601. The lowest BCUT2D eigenvalue weighted by Gasteiger charge is -2.19. The van der Waals surface area contributed by atoms with Crippen LogP contribution in [-0.2, 0) is 24.3 Å². The Bertz CT molecular complexity index is 1040. The highest BCUT2D eigenvalue weighted by Gasteiger charge is 2.31. The van der Waals surface area contributed by atoms with E-state index in [0.29, 0.717) is 31.7 Å². The van der Waals surface area contributed by atoms with Gasteiger partial charge in [0.1, 0.15) is 18.2 Å². The van der Waals surface area contributed by atoms with Gasteiger partial charge in [-0.05, 0) is 12.0 Å². The van der Waals surface area contributed by atoms with E-state index in [-0.39, 0.29) is 18.3 Å². The highest BCUT2D eigenvalue weighted by molar-refractivity contribution is 6.00. The Hall–Kier alpha value is -3.53. The zero-order valence-corrected chi connectivity index (χ0v) is 16.6. The van der Waals surface area contributed by atoms with Crippen molar-refractivity contribution in [3.8, 4) is 0 Å². The number of carbonyl (C=O) groups excluding carboxylic acids is 2. The Morgan fingerprint density at radius 3 is 2.83 bits per heavy atom. The zero-order chi connectivity index (χ0) is 21.1. The fourth-order valence-corrected chi connectivity index (χ4v) is 3.45. The predicted molar refractivity (Wildman–Crippen MR) is 108 cm³/mol. The highest BCUT2D eigenvalue weighted by Crippen LogP contribution is 2.21. The highest BCUT2D eigenvalue weighted by atomic mass is 16.3. The number of aliphatic hydroxyl groups is 1. The van der Waals surface area contributed by atoms with Gasteiger partial charge in [0, 0.05) is 32.7 Å². The Balaban J connectivity index is 1.42. The van der Waals surface area contributed by atoms with E-state index in [0.717, 1.165) is 11.3 Å². The maximum absolute atomic E-state index is 12.9. The van der Waals surface area contributed by atoms with Crippen molar-refractivity contribution in [3.05, 3.63) is 59.8 Å². The third kappa shape index (κ3) is 4.08. The van der Waals surface area contributed by atoms with Crippen LogP contribution in [-0.4, -0.2) is 61.2 Å². The summed E-state index contributed by atoms with van der Waals surface area (Å²) in [6, 6.07) is 10.8. The number of amides is 2. The van der Waals surface area contributed by atoms with Crippen molar-refractivity contribution in [1.29, 1.82) is 0 Å². The van der Waals surface area contributed by atoms with Crippen LogP contribution in [0.2, 0.25) is 0 Å². The molecule has 3 aromatic rings. The van der Waals surface area contributed by atoms with Crippen molar-refractivity contribution in [2.45, 2.75) is 32.0 Å². The van der Waals surface area contributed by atoms with Crippen LogP contribution < -0.4 is 10.2 Å². The topological polar surface area (TPSA) is 118 Å². The van der Waals surface area contributed by atoms with Crippen LogP contribution in [0.1, 0.15) is 28.3 Å². The lowest BCUT2D eigenvalue weighted by molar-refractivity contribution is -0.120. The molecule has 0 bridgehead atoms. The van der Waals surface area contributed by atoms with E-state index in [4.69, 9.17) is 5.11 Å². The summed E-state index contributed by atoms with van der Waals surface area (Å²) in [5.41, 5.74) is 1.77. The minimum absolute atomic E-state index is 0.00326. The van der Waals surface area contributed by atoms with Gasteiger partial charge in [-0.1, -0.05) is 30.3 Å². The third-order valence-corrected chi connectivity index (χ3v) is 5.01. The summed E-state index contributed by atoms with van der Waals surface area (Å²) in [6.07, 6.45) is 2.33. The average molecular weight is 409 g/mol. The molecular formula is C20H23N7O3. The Kier molecular flexibility index (Phi) is 5.57. The monoisotopic (exact) mass is 409 g/mol. The van der Waals surface area contributed by atoms with Gasteiger partial charge in [-0.25, -0.2) is 14.3 Å². The molecule has 10 nitrogen and oxygen atoms in total. The Labute approximate surface area is 173 Å². The first-order valence-electron chi connectivity index (χ1n) is 9.74. The Morgan fingerprint density at radius 1 is 1.27 bits per heavy atom. The summed E-state index contributed by atoms with van der Waals surface area (Å²) in [6.45, 7) is 0.970. The molecule has 156 valence electrons. The minimum atomic E-state index is -0.702. The molecule has 30 heavy (non-hydrogen) atoms. The van der Waals surface area contributed by atoms with E-state index in [2.05, 4.69) is 20.5 Å². The van der Waals surface area contributed by atoms with Gasteiger partial charge in [0.05, 0.1) is 12.2 Å². The van der Waals surface area contributed by atoms with Gasteiger partial charge in [-0.3, -0.25) is 14.5 Å². The third-order valence-electron chi connectivity index (χ3n) is 5.01. The van der Waals surface area contributed by atoms with Crippen molar-refractivity contribution >= 4 is 17.6 Å². The summed E-state index contributed by atoms with van der Waals surface area (Å²) in [5.74, 6) is -0.0607. The van der Waals surface area contributed by atoms with E-state index in [1.54, 1.807) is 22.5 Å². The fraction of sp³-hybridized carbons (Fsp3) is 0.350. The number of fused-ring (bicyclic) bond motifs is 1. The average Bonchev–Trinajstić information content (AvgIpc) is 3.36. The molecule has 1 aliphatic heterocycles. The van der Waals surface area contributed by atoms with Gasteiger partial charge in [0.25, 0.3) is 11.8 Å². The maximum atomic E-state index is 12.9. The van der Waals surface area contributed by atoms with Crippen LogP contribution in [0.4, 0.5) is 5.82 Å². The molecule has 0 radical (unpaired) electrons. The molecule has 0 spiro atoms. The van der Waals surface area contributed by atoms with Gasteiger partial charge in [0.2, 0.25) is 5.82 Å². The molecule has 2 amide bonds. The first-order chi connectivity index (χ1) is 14.5. The van der Waals surface area contributed by atoms with Crippen molar-refractivity contribution < 1.29 is 14.7 Å². The first kappa shape index (κ1) is 19.8. The molecule has 1 atom stereocenters. The van der Waals surface area contributed by atoms with E-state index in [1.165, 1.54) is 11.2 Å². The number of rotatable bonds is 6. The van der Waals surface area contributed by atoms with Gasteiger partial charge >= 0.3 is 0 Å². The van der Waals surface area contributed by atoms with Crippen LogP contribution in [0.3, 0.4) is 0 Å². The molecule has 3 heterocycles. The lowest BCUT2D eigenvalue weighted by atomic mass is 10.2. The zero-order valence-electron chi connectivity index (χ0n) is 16.6. The number of anilines is 1. The molecule has 10 heteroatoms. The van der Waals surface area contributed by atoms with Crippen LogP contribution >= 0.6 is 0 Å². The predicted octanol–water partition coefficient (Wildman–Crippen LogP) is 0.223. The largest absolute Gasteiger partial charge is 0.396 e. The van der Waals surface area contributed by atoms with Crippen molar-refractivity contribution in [2.24, 2.45) is 0 Å². The number of nitrogens with zero attached hydrogens (tertiary/aromatic N) is 6. The molecule has 0 aliphatic carbocycles. The number of aliphatic hydroxyl groups excluding tert-OH is 1. The van der Waals surface area contributed by atoms with E-state index in [1.807, 2.05) is 30.3 Å². The molecule has 1 aromatic carbocycles. The Morgan fingerprint density at radius 2 is 2.07 bits per heavy atom. The molecule has 0 saturated carbocycles. The van der Waals surface area contributed by atoms with Crippen molar-refractivity contribution in [3.63, 3.8) is 0 Å². The number of aromatic nitrogens is 5. The second-order valence-electron chi connectivity index (χ2n) is 7.15. The molecule has 1 aliphatic rings.